The minimum atomic E-state index is -4.60. The summed E-state index contributed by atoms with van der Waals surface area (Å²) in [5.74, 6) is -0.598. The number of nitrogens with zero attached hydrogens (tertiary/aromatic N) is 3. The average Bonchev–Trinajstić information content (AvgIpc) is 3.08. The largest absolute Gasteiger partial charge is 0.433 e. The number of anilines is 1. The third-order valence-corrected chi connectivity index (χ3v) is 4.45. The third-order valence-electron chi connectivity index (χ3n) is 4.45. The van der Waals surface area contributed by atoms with Crippen LogP contribution in [-0.2, 0) is 6.18 Å². The first-order chi connectivity index (χ1) is 13.8. The lowest BCUT2D eigenvalue weighted by molar-refractivity contribution is -0.141. The molecule has 4 rings (SSSR count). The molecular weight excluding hydrogens is 383 g/mol. The number of fused-ring (bicyclic) bond motifs is 1. The maximum Gasteiger partial charge on any atom is 0.433 e. The molecule has 29 heavy (non-hydrogen) atoms. The van der Waals surface area contributed by atoms with Crippen molar-refractivity contribution in [1.82, 2.24) is 20.2 Å². The van der Waals surface area contributed by atoms with Crippen LogP contribution in [0.15, 0.2) is 54.9 Å². The summed E-state index contributed by atoms with van der Waals surface area (Å²) in [6.07, 6.45) is -1.92. The fourth-order valence-electron chi connectivity index (χ4n) is 3.05. The molecule has 146 valence electrons. The zero-order chi connectivity index (χ0) is 20.6. The van der Waals surface area contributed by atoms with Gasteiger partial charge in [-0.3, -0.25) is 19.9 Å². The Kier molecular flexibility index (Phi) is 4.50. The number of hydrogen-bond donors (Lipinski definition) is 2. The van der Waals surface area contributed by atoms with Crippen LogP contribution in [0.2, 0.25) is 0 Å². The number of aromatic nitrogens is 4. The highest BCUT2D eigenvalue weighted by Crippen LogP contribution is 2.31. The van der Waals surface area contributed by atoms with E-state index in [0.717, 1.165) is 28.7 Å². The topological polar surface area (TPSA) is 83.6 Å². The Morgan fingerprint density at radius 1 is 1.07 bits per heavy atom. The molecule has 9 heteroatoms. The number of hydrogen-bond acceptors (Lipinski definition) is 4. The van der Waals surface area contributed by atoms with Gasteiger partial charge in [0.15, 0.2) is 0 Å². The summed E-state index contributed by atoms with van der Waals surface area (Å²) in [5, 5.41) is 10.3. The standard InChI is InChI=1S/C20H14F3N5O/c1-11-17(14-4-2-6-15-13(14)5-3-8-24-15)27-28-18(11)19(29)26-12-7-9-25-16(10-12)20(21,22)23/h2-10H,1H3,(H,27,28)(H,25,26,29). The van der Waals surface area contributed by atoms with Crippen LogP contribution >= 0.6 is 0 Å². The van der Waals surface area contributed by atoms with E-state index in [1.54, 1.807) is 13.1 Å². The van der Waals surface area contributed by atoms with Crippen molar-refractivity contribution in [1.29, 1.82) is 0 Å². The van der Waals surface area contributed by atoms with Crippen LogP contribution in [0.4, 0.5) is 18.9 Å². The van der Waals surface area contributed by atoms with Gasteiger partial charge in [-0.2, -0.15) is 18.3 Å². The second-order valence-electron chi connectivity index (χ2n) is 6.33. The molecule has 0 spiro atoms. The summed E-state index contributed by atoms with van der Waals surface area (Å²) in [6.45, 7) is 1.72. The lowest BCUT2D eigenvalue weighted by Gasteiger charge is -2.09. The maximum atomic E-state index is 12.8. The van der Waals surface area contributed by atoms with Crippen LogP contribution in [0.5, 0.6) is 0 Å². The van der Waals surface area contributed by atoms with E-state index < -0.39 is 17.8 Å². The highest BCUT2D eigenvalue weighted by atomic mass is 19.4. The van der Waals surface area contributed by atoms with Gasteiger partial charge in [-0.15, -0.1) is 0 Å². The summed E-state index contributed by atoms with van der Waals surface area (Å²) >= 11 is 0. The van der Waals surface area contributed by atoms with Crippen LogP contribution in [0, 0.1) is 6.92 Å². The quantitative estimate of drug-likeness (QED) is 0.529. The highest BCUT2D eigenvalue weighted by molar-refractivity contribution is 6.05. The molecule has 3 aromatic heterocycles. The minimum absolute atomic E-state index is 0.0118. The highest BCUT2D eigenvalue weighted by Gasteiger charge is 2.32. The van der Waals surface area contributed by atoms with Crippen LogP contribution < -0.4 is 5.32 Å². The molecule has 0 saturated carbocycles. The summed E-state index contributed by atoms with van der Waals surface area (Å²) in [7, 11) is 0. The van der Waals surface area contributed by atoms with Crippen LogP contribution in [0.3, 0.4) is 0 Å². The first-order valence-electron chi connectivity index (χ1n) is 8.58. The molecule has 0 fully saturated rings. The van der Waals surface area contributed by atoms with Crippen LogP contribution in [0.1, 0.15) is 21.7 Å². The van der Waals surface area contributed by atoms with E-state index in [9.17, 15) is 18.0 Å². The predicted molar refractivity (Wildman–Crippen MR) is 101 cm³/mol. The Balaban J connectivity index is 1.66. The first-order valence-corrected chi connectivity index (χ1v) is 8.58. The molecule has 0 aliphatic carbocycles. The van der Waals surface area contributed by atoms with E-state index in [0.29, 0.717) is 11.3 Å². The Morgan fingerprint density at radius 2 is 1.90 bits per heavy atom. The van der Waals surface area contributed by atoms with Crippen LogP contribution in [0.25, 0.3) is 22.2 Å². The number of H-pyrrole nitrogens is 1. The molecule has 0 radical (unpaired) electrons. The second-order valence-corrected chi connectivity index (χ2v) is 6.33. The average molecular weight is 397 g/mol. The number of nitrogens with one attached hydrogen (secondary N) is 2. The van der Waals surface area contributed by atoms with E-state index in [1.807, 2.05) is 30.3 Å². The number of carbonyl (C=O) groups excluding carboxylic acids is 1. The molecule has 4 aromatic rings. The number of pyridine rings is 2. The maximum absolute atomic E-state index is 12.8. The van der Waals surface area contributed by atoms with Gasteiger partial charge >= 0.3 is 6.18 Å². The number of alkyl halides is 3. The molecule has 6 nitrogen and oxygen atoms in total. The number of aromatic amines is 1. The lowest BCUT2D eigenvalue weighted by Crippen LogP contribution is -2.15. The number of amides is 1. The zero-order valence-corrected chi connectivity index (χ0v) is 15.1. The second kappa shape index (κ2) is 7.01. The normalized spacial score (nSPS) is 11.6. The van der Waals surface area contributed by atoms with Gasteiger partial charge in [0.05, 0.1) is 11.2 Å². The summed E-state index contributed by atoms with van der Waals surface area (Å²) in [5.41, 5.74) is 1.79. The van der Waals surface area contributed by atoms with Gasteiger partial charge in [0, 0.05) is 34.6 Å². The van der Waals surface area contributed by atoms with Crippen molar-refractivity contribution in [3.05, 3.63) is 71.8 Å². The molecule has 1 aromatic carbocycles. The van der Waals surface area contributed by atoms with Gasteiger partial charge in [-0.1, -0.05) is 18.2 Å². The van der Waals surface area contributed by atoms with Gasteiger partial charge in [-0.25, -0.2) is 0 Å². The van der Waals surface area contributed by atoms with Gasteiger partial charge < -0.3 is 5.32 Å². The summed E-state index contributed by atoms with van der Waals surface area (Å²) < 4.78 is 38.4. The zero-order valence-electron chi connectivity index (χ0n) is 15.1. The van der Waals surface area contributed by atoms with Gasteiger partial charge in [-0.05, 0) is 31.2 Å². The van der Waals surface area contributed by atoms with Gasteiger partial charge in [0.1, 0.15) is 11.4 Å². The number of benzene rings is 1. The van der Waals surface area contributed by atoms with Crippen molar-refractivity contribution >= 4 is 22.5 Å². The van der Waals surface area contributed by atoms with Crippen molar-refractivity contribution in [2.75, 3.05) is 5.32 Å². The van der Waals surface area contributed by atoms with E-state index in [4.69, 9.17) is 0 Å². The molecule has 3 heterocycles. The third kappa shape index (κ3) is 3.54. The fourth-order valence-corrected chi connectivity index (χ4v) is 3.05. The lowest BCUT2D eigenvalue weighted by atomic mass is 10.0. The molecule has 0 atom stereocenters. The molecular formula is C20H14F3N5O. The SMILES string of the molecule is Cc1c(-c2cccc3ncccc23)n[nH]c1C(=O)Nc1ccnc(C(F)(F)F)c1. The van der Waals surface area contributed by atoms with E-state index in [-0.39, 0.29) is 11.4 Å². The molecule has 0 unspecified atom stereocenters. The summed E-state index contributed by atoms with van der Waals surface area (Å²) in [6, 6.07) is 11.4. The molecule has 0 bridgehead atoms. The molecule has 2 N–H and O–H groups in total. The monoisotopic (exact) mass is 397 g/mol. The van der Waals surface area contributed by atoms with Crippen molar-refractivity contribution < 1.29 is 18.0 Å². The molecule has 0 aliphatic rings. The van der Waals surface area contributed by atoms with E-state index in [2.05, 4.69) is 25.5 Å². The Bertz CT molecular complexity index is 1210. The number of rotatable bonds is 3. The van der Waals surface area contributed by atoms with Gasteiger partial charge in [0.2, 0.25) is 0 Å². The molecule has 0 saturated heterocycles. The molecule has 0 aliphatic heterocycles. The Labute approximate surface area is 162 Å². The Hall–Kier alpha value is -3.75. The first kappa shape index (κ1) is 18.6. The van der Waals surface area contributed by atoms with Crippen molar-refractivity contribution in [3.8, 4) is 11.3 Å². The Morgan fingerprint density at radius 3 is 2.69 bits per heavy atom. The smallest absolute Gasteiger partial charge is 0.321 e. The van der Waals surface area contributed by atoms with E-state index in [1.165, 1.54) is 6.07 Å². The van der Waals surface area contributed by atoms with Crippen molar-refractivity contribution in [2.24, 2.45) is 0 Å². The van der Waals surface area contributed by atoms with E-state index >= 15 is 0 Å². The number of halogens is 3. The molecule has 1 amide bonds. The number of carbonyl (C=O) groups is 1. The van der Waals surface area contributed by atoms with Crippen LogP contribution in [-0.4, -0.2) is 26.1 Å². The van der Waals surface area contributed by atoms with Gasteiger partial charge in [0.25, 0.3) is 5.91 Å². The minimum Gasteiger partial charge on any atom is -0.321 e. The predicted octanol–water partition coefficient (Wildman–Crippen LogP) is 4.60. The van der Waals surface area contributed by atoms with Crippen molar-refractivity contribution in [2.45, 2.75) is 13.1 Å². The summed E-state index contributed by atoms with van der Waals surface area (Å²) in [4.78, 5) is 20.2. The van der Waals surface area contributed by atoms with Crippen molar-refractivity contribution in [3.63, 3.8) is 0 Å². The fraction of sp³-hybridized carbons (Fsp3) is 0.100.